The zero-order chi connectivity index (χ0) is 8.55. The molecule has 0 aromatic heterocycles. The van der Waals surface area contributed by atoms with Gasteiger partial charge in [-0.1, -0.05) is 24.8 Å². The fraction of sp³-hybridized carbons (Fsp3) is 0.100. The molecule has 0 saturated heterocycles. The molecule has 0 spiro atoms. The van der Waals surface area contributed by atoms with E-state index in [0.717, 1.165) is 5.56 Å². The molecule has 0 fully saturated rings. The summed E-state index contributed by atoms with van der Waals surface area (Å²) in [5, 5.41) is 0. The Hall–Kier alpha value is -1.57. The predicted molar refractivity (Wildman–Crippen MR) is 44.8 cm³/mol. The van der Waals surface area contributed by atoms with Crippen molar-refractivity contribution in [2.45, 2.75) is 6.10 Å². The summed E-state index contributed by atoms with van der Waals surface area (Å²) in [6, 6.07) is 7.36. The lowest BCUT2D eigenvalue weighted by Gasteiger charge is -2.01. The van der Waals surface area contributed by atoms with Crippen LogP contribution in [0.5, 0.6) is 0 Å². The van der Waals surface area contributed by atoms with E-state index in [9.17, 15) is 4.79 Å². The molecule has 60 valence electrons. The molecule has 1 aliphatic rings. The van der Waals surface area contributed by atoms with Crippen LogP contribution in [0.3, 0.4) is 0 Å². The molecular formula is C10H8O2. The molecule has 1 aromatic rings. The van der Waals surface area contributed by atoms with Gasteiger partial charge in [-0.2, -0.15) is 0 Å². The van der Waals surface area contributed by atoms with Crippen molar-refractivity contribution in [1.29, 1.82) is 0 Å². The highest BCUT2D eigenvalue weighted by molar-refractivity contribution is 5.94. The van der Waals surface area contributed by atoms with Crippen molar-refractivity contribution in [3.05, 3.63) is 48.0 Å². The second-order valence-electron chi connectivity index (χ2n) is 2.65. The lowest BCUT2D eigenvalue weighted by molar-refractivity contribution is 0.0468. The van der Waals surface area contributed by atoms with Crippen LogP contribution in [0.25, 0.3) is 0 Å². The van der Waals surface area contributed by atoms with E-state index in [-0.39, 0.29) is 12.1 Å². The quantitative estimate of drug-likeness (QED) is 0.464. The van der Waals surface area contributed by atoms with Gasteiger partial charge in [-0.15, -0.1) is 0 Å². The number of hydrogen-bond acceptors (Lipinski definition) is 2. The highest BCUT2D eigenvalue weighted by Crippen LogP contribution is 2.30. The Kier molecular flexibility index (Phi) is 1.47. The van der Waals surface area contributed by atoms with Crippen LogP contribution in [0.4, 0.5) is 0 Å². The van der Waals surface area contributed by atoms with Crippen molar-refractivity contribution in [2.24, 2.45) is 0 Å². The monoisotopic (exact) mass is 160 g/mol. The van der Waals surface area contributed by atoms with E-state index in [1.807, 2.05) is 18.2 Å². The van der Waals surface area contributed by atoms with Crippen LogP contribution in [0.2, 0.25) is 0 Å². The average molecular weight is 160 g/mol. The summed E-state index contributed by atoms with van der Waals surface area (Å²) in [5.74, 6) is -0.254. The number of fused-ring (bicyclic) bond motifs is 1. The Morgan fingerprint density at radius 1 is 1.42 bits per heavy atom. The second-order valence-corrected chi connectivity index (χ2v) is 2.65. The molecule has 2 nitrogen and oxygen atoms in total. The molecule has 0 unspecified atom stereocenters. The Balaban J connectivity index is 2.57. The van der Waals surface area contributed by atoms with Crippen LogP contribution >= 0.6 is 0 Å². The normalized spacial score (nSPS) is 20.0. The van der Waals surface area contributed by atoms with E-state index in [1.165, 1.54) is 0 Å². The summed E-state index contributed by atoms with van der Waals surface area (Å²) in [5.41, 5.74) is 1.57. The first-order chi connectivity index (χ1) is 5.83. The zero-order valence-electron chi connectivity index (χ0n) is 6.49. The van der Waals surface area contributed by atoms with E-state index in [1.54, 1.807) is 12.1 Å². The zero-order valence-corrected chi connectivity index (χ0v) is 6.49. The first kappa shape index (κ1) is 7.10. The van der Waals surface area contributed by atoms with Gasteiger partial charge in [0.25, 0.3) is 0 Å². The lowest BCUT2D eigenvalue weighted by atomic mass is 10.1. The minimum Gasteiger partial charge on any atom is -0.450 e. The summed E-state index contributed by atoms with van der Waals surface area (Å²) >= 11 is 0. The number of hydrogen-bond donors (Lipinski definition) is 0. The Labute approximate surface area is 70.5 Å². The van der Waals surface area contributed by atoms with Crippen molar-refractivity contribution in [1.82, 2.24) is 0 Å². The van der Waals surface area contributed by atoms with Crippen molar-refractivity contribution in [3.8, 4) is 0 Å². The largest absolute Gasteiger partial charge is 0.450 e. The van der Waals surface area contributed by atoms with Crippen molar-refractivity contribution >= 4 is 5.97 Å². The molecular weight excluding hydrogens is 152 g/mol. The standard InChI is InChI=1S/C10H8O2/c1-2-9-7-5-3-4-6-8(7)10(11)12-9/h2-6,9H,1H2/t9-/m1/s1. The molecule has 0 N–H and O–H groups in total. The predicted octanol–water partition coefficient (Wildman–Crippen LogP) is 2.08. The van der Waals surface area contributed by atoms with Crippen molar-refractivity contribution in [2.75, 3.05) is 0 Å². The van der Waals surface area contributed by atoms with E-state index in [2.05, 4.69) is 6.58 Å². The third-order valence-corrected chi connectivity index (χ3v) is 1.94. The van der Waals surface area contributed by atoms with E-state index in [4.69, 9.17) is 4.74 Å². The molecule has 0 aliphatic carbocycles. The van der Waals surface area contributed by atoms with Gasteiger partial charge in [0, 0.05) is 5.56 Å². The van der Waals surface area contributed by atoms with Gasteiger partial charge < -0.3 is 4.74 Å². The molecule has 12 heavy (non-hydrogen) atoms. The summed E-state index contributed by atoms with van der Waals surface area (Å²) in [6.45, 7) is 3.60. The third-order valence-electron chi connectivity index (χ3n) is 1.94. The molecule has 2 rings (SSSR count). The Morgan fingerprint density at radius 3 is 2.92 bits per heavy atom. The van der Waals surface area contributed by atoms with Gasteiger partial charge in [0.15, 0.2) is 0 Å². The fourth-order valence-electron chi connectivity index (χ4n) is 1.35. The van der Waals surface area contributed by atoms with E-state index in [0.29, 0.717) is 5.56 Å². The summed E-state index contributed by atoms with van der Waals surface area (Å²) < 4.78 is 5.02. The molecule has 1 heterocycles. The molecule has 1 atom stereocenters. The number of cyclic esters (lactones) is 1. The summed E-state index contributed by atoms with van der Waals surface area (Å²) in [6.07, 6.45) is 1.37. The number of esters is 1. The second kappa shape index (κ2) is 2.48. The van der Waals surface area contributed by atoms with Gasteiger partial charge in [-0.05, 0) is 12.1 Å². The van der Waals surface area contributed by atoms with Crippen LogP contribution in [0.1, 0.15) is 22.0 Å². The first-order valence-electron chi connectivity index (χ1n) is 3.75. The number of ether oxygens (including phenoxy) is 1. The number of carbonyl (C=O) groups excluding carboxylic acids is 1. The molecule has 0 radical (unpaired) electrons. The maximum Gasteiger partial charge on any atom is 0.339 e. The van der Waals surface area contributed by atoms with Gasteiger partial charge in [0.2, 0.25) is 0 Å². The molecule has 1 aromatic carbocycles. The van der Waals surface area contributed by atoms with Gasteiger partial charge in [0.1, 0.15) is 6.10 Å². The van der Waals surface area contributed by atoms with Crippen LogP contribution < -0.4 is 0 Å². The lowest BCUT2D eigenvalue weighted by Crippen LogP contribution is -1.94. The van der Waals surface area contributed by atoms with Crippen LogP contribution in [0.15, 0.2) is 36.9 Å². The van der Waals surface area contributed by atoms with Gasteiger partial charge in [-0.3, -0.25) is 0 Å². The Bertz CT molecular complexity index is 341. The number of benzene rings is 1. The topological polar surface area (TPSA) is 26.3 Å². The van der Waals surface area contributed by atoms with Crippen molar-refractivity contribution < 1.29 is 9.53 Å². The molecule has 0 amide bonds. The van der Waals surface area contributed by atoms with Crippen molar-refractivity contribution in [3.63, 3.8) is 0 Å². The van der Waals surface area contributed by atoms with Crippen LogP contribution in [-0.4, -0.2) is 5.97 Å². The molecule has 0 saturated carbocycles. The fourth-order valence-corrected chi connectivity index (χ4v) is 1.35. The first-order valence-corrected chi connectivity index (χ1v) is 3.75. The van der Waals surface area contributed by atoms with Crippen LogP contribution in [0, 0.1) is 0 Å². The molecule has 0 bridgehead atoms. The molecule has 2 heteroatoms. The smallest absolute Gasteiger partial charge is 0.339 e. The SMILES string of the molecule is C=C[C@H]1OC(=O)c2ccccc21. The van der Waals surface area contributed by atoms with Gasteiger partial charge in [-0.25, -0.2) is 4.79 Å². The van der Waals surface area contributed by atoms with Gasteiger partial charge >= 0.3 is 5.97 Å². The molecule has 1 aliphatic heterocycles. The third kappa shape index (κ3) is 0.848. The maximum atomic E-state index is 11.2. The van der Waals surface area contributed by atoms with E-state index < -0.39 is 0 Å². The highest BCUT2D eigenvalue weighted by Gasteiger charge is 2.27. The number of carbonyl (C=O) groups is 1. The maximum absolute atomic E-state index is 11.2. The summed E-state index contributed by atoms with van der Waals surface area (Å²) in [7, 11) is 0. The summed E-state index contributed by atoms with van der Waals surface area (Å²) in [4.78, 5) is 11.2. The van der Waals surface area contributed by atoms with Crippen LogP contribution in [-0.2, 0) is 4.74 Å². The van der Waals surface area contributed by atoms with Gasteiger partial charge in [0.05, 0.1) is 5.56 Å². The Morgan fingerprint density at radius 2 is 2.17 bits per heavy atom. The minimum absolute atomic E-state index is 0.254. The highest BCUT2D eigenvalue weighted by atomic mass is 16.5. The minimum atomic E-state index is -0.256. The van der Waals surface area contributed by atoms with E-state index >= 15 is 0 Å². The average Bonchev–Trinajstić information content (AvgIpc) is 2.44. The number of rotatable bonds is 1.